The Morgan fingerprint density at radius 2 is 1.81 bits per heavy atom. The van der Waals surface area contributed by atoms with Crippen LogP contribution in [0.15, 0.2) is 64.3 Å². The number of fused-ring (bicyclic) bond motifs is 3. The van der Waals surface area contributed by atoms with Gasteiger partial charge in [-0.15, -0.1) is 0 Å². The summed E-state index contributed by atoms with van der Waals surface area (Å²) < 4.78 is 11.7. The summed E-state index contributed by atoms with van der Waals surface area (Å²) >= 11 is 12.4. The molecule has 3 aromatic rings. The number of phenols is 1. The van der Waals surface area contributed by atoms with Crippen molar-refractivity contribution < 1.29 is 14.3 Å². The van der Waals surface area contributed by atoms with Gasteiger partial charge in [0.1, 0.15) is 23.0 Å². The number of rotatable bonds is 2. The van der Waals surface area contributed by atoms with Crippen molar-refractivity contribution in [3.63, 3.8) is 0 Å². The molecule has 0 fully saturated rings. The van der Waals surface area contributed by atoms with Gasteiger partial charge in [-0.1, -0.05) is 23.2 Å². The summed E-state index contributed by atoms with van der Waals surface area (Å²) in [5.74, 6) is 1.52. The van der Waals surface area contributed by atoms with E-state index in [2.05, 4.69) is 0 Å². The van der Waals surface area contributed by atoms with Crippen LogP contribution < -0.4 is 4.74 Å². The quantitative estimate of drug-likeness (QED) is 0.613. The highest BCUT2D eigenvalue weighted by atomic mass is 35.5. The molecule has 0 aliphatic carbocycles. The minimum absolute atomic E-state index is 0.0871. The molecule has 2 aromatic carbocycles. The van der Waals surface area contributed by atoms with E-state index < -0.39 is 6.23 Å². The molecule has 1 aromatic heterocycles. The molecule has 0 bridgehead atoms. The van der Waals surface area contributed by atoms with Gasteiger partial charge in [-0.25, -0.2) is 5.01 Å². The number of ether oxygens (including phenoxy) is 1. The number of benzene rings is 2. The van der Waals surface area contributed by atoms with Crippen molar-refractivity contribution in [1.82, 2.24) is 5.01 Å². The lowest BCUT2D eigenvalue weighted by molar-refractivity contribution is -0.0203. The molecule has 0 saturated heterocycles. The molecule has 5 nitrogen and oxygen atoms in total. The number of aromatic hydroxyl groups is 1. The summed E-state index contributed by atoms with van der Waals surface area (Å²) in [6.45, 7) is 0. The molecule has 0 saturated carbocycles. The van der Waals surface area contributed by atoms with Gasteiger partial charge in [0.2, 0.25) is 6.23 Å². The van der Waals surface area contributed by atoms with Crippen molar-refractivity contribution in [1.29, 1.82) is 0 Å². The average molecular weight is 401 g/mol. The van der Waals surface area contributed by atoms with Crippen LogP contribution in [-0.2, 0) is 0 Å². The zero-order chi connectivity index (χ0) is 18.5. The maximum Gasteiger partial charge on any atom is 0.217 e. The SMILES string of the molecule is Oc1ccc(Cl)cc1[C@H]1Oc2ccc(Cl)cc2[C@H]2CC(c3ccco3)=NN21. The van der Waals surface area contributed by atoms with Gasteiger partial charge in [0.15, 0.2) is 0 Å². The third-order valence-electron chi connectivity index (χ3n) is 4.81. The Morgan fingerprint density at radius 1 is 1.04 bits per heavy atom. The highest BCUT2D eigenvalue weighted by molar-refractivity contribution is 6.31. The van der Waals surface area contributed by atoms with Crippen LogP contribution in [0.2, 0.25) is 10.0 Å². The number of furan rings is 1. The highest BCUT2D eigenvalue weighted by Gasteiger charge is 2.42. The van der Waals surface area contributed by atoms with Crippen LogP contribution >= 0.6 is 23.2 Å². The first-order valence-electron chi connectivity index (χ1n) is 8.44. The molecule has 136 valence electrons. The van der Waals surface area contributed by atoms with E-state index in [1.165, 1.54) is 0 Å². The van der Waals surface area contributed by atoms with E-state index in [-0.39, 0.29) is 11.8 Å². The van der Waals surface area contributed by atoms with Gasteiger partial charge in [-0.3, -0.25) is 0 Å². The van der Waals surface area contributed by atoms with Crippen molar-refractivity contribution in [2.45, 2.75) is 18.7 Å². The van der Waals surface area contributed by atoms with E-state index in [1.54, 1.807) is 30.5 Å². The molecule has 1 N–H and O–H groups in total. The minimum Gasteiger partial charge on any atom is -0.507 e. The Labute approximate surface area is 165 Å². The molecule has 2 aliphatic heterocycles. The number of phenolic OH excluding ortho intramolecular Hbond substituents is 1. The van der Waals surface area contributed by atoms with E-state index in [9.17, 15) is 5.11 Å². The highest BCUT2D eigenvalue weighted by Crippen LogP contribution is 2.49. The van der Waals surface area contributed by atoms with Crippen LogP contribution in [0.1, 0.15) is 35.6 Å². The van der Waals surface area contributed by atoms with Crippen molar-refractivity contribution in [2.75, 3.05) is 0 Å². The van der Waals surface area contributed by atoms with E-state index in [1.807, 2.05) is 29.3 Å². The molecule has 0 unspecified atom stereocenters. The van der Waals surface area contributed by atoms with E-state index in [0.29, 0.717) is 33.5 Å². The van der Waals surface area contributed by atoms with Crippen LogP contribution in [-0.4, -0.2) is 15.8 Å². The first-order chi connectivity index (χ1) is 13.1. The zero-order valence-electron chi connectivity index (χ0n) is 14.0. The molecule has 0 amide bonds. The molecule has 2 aliphatic rings. The minimum atomic E-state index is -0.616. The van der Waals surface area contributed by atoms with Gasteiger partial charge >= 0.3 is 0 Å². The van der Waals surface area contributed by atoms with Crippen molar-refractivity contribution in [3.8, 4) is 11.5 Å². The largest absolute Gasteiger partial charge is 0.507 e. The summed E-state index contributed by atoms with van der Waals surface area (Å²) in [5.41, 5.74) is 2.32. The maximum atomic E-state index is 10.4. The van der Waals surface area contributed by atoms with Crippen LogP contribution in [0.25, 0.3) is 0 Å². The van der Waals surface area contributed by atoms with Gasteiger partial charge in [-0.05, 0) is 48.5 Å². The van der Waals surface area contributed by atoms with Crippen LogP contribution in [0.5, 0.6) is 11.5 Å². The fourth-order valence-corrected chi connectivity index (χ4v) is 3.94. The second-order valence-electron chi connectivity index (χ2n) is 6.48. The molecule has 0 radical (unpaired) electrons. The molecular weight excluding hydrogens is 387 g/mol. The van der Waals surface area contributed by atoms with Crippen LogP contribution in [0, 0.1) is 0 Å². The van der Waals surface area contributed by atoms with Crippen LogP contribution in [0.3, 0.4) is 0 Å². The molecule has 7 heteroatoms. The van der Waals surface area contributed by atoms with Crippen molar-refractivity contribution in [3.05, 3.63) is 81.7 Å². The predicted molar refractivity (Wildman–Crippen MR) is 102 cm³/mol. The Balaban J connectivity index is 1.65. The van der Waals surface area contributed by atoms with Crippen LogP contribution in [0.4, 0.5) is 0 Å². The van der Waals surface area contributed by atoms with E-state index in [0.717, 1.165) is 11.3 Å². The molecule has 0 spiro atoms. The fraction of sp³-hybridized carbons (Fsp3) is 0.150. The average Bonchev–Trinajstić information content (AvgIpc) is 3.32. The van der Waals surface area contributed by atoms with Crippen molar-refractivity contribution in [2.24, 2.45) is 5.10 Å². The number of hydrazone groups is 1. The van der Waals surface area contributed by atoms with Gasteiger partial charge in [-0.2, -0.15) is 5.10 Å². The molecular formula is C20H14Cl2N2O3. The lowest BCUT2D eigenvalue weighted by Crippen LogP contribution is -2.33. The Hall–Kier alpha value is -2.63. The monoisotopic (exact) mass is 400 g/mol. The number of nitrogens with zero attached hydrogens (tertiary/aromatic N) is 2. The number of hydrogen-bond donors (Lipinski definition) is 1. The summed E-state index contributed by atoms with van der Waals surface area (Å²) in [6, 6.07) is 14.0. The van der Waals surface area contributed by atoms with Gasteiger partial charge in [0.05, 0.1) is 17.9 Å². The van der Waals surface area contributed by atoms with Crippen molar-refractivity contribution >= 4 is 28.9 Å². The first-order valence-corrected chi connectivity index (χ1v) is 9.20. The zero-order valence-corrected chi connectivity index (χ0v) is 15.5. The summed E-state index contributed by atoms with van der Waals surface area (Å²) in [6.07, 6.45) is 1.65. The summed E-state index contributed by atoms with van der Waals surface area (Å²) in [5, 5.41) is 18.1. The first kappa shape index (κ1) is 16.5. The lowest BCUT2D eigenvalue weighted by Gasteiger charge is -2.38. The standard InChI is InChI=1S/C20H14Cl2N2O3/c21-11-3-5-17(25)14(9-11)20-24-16(10-15(23-24)19-2-1-7-26-19)13-8-12(22)4-6-18(13)27-20/h1-9,16,20,25H,10H2/t16-,20-/m1/s1. The second kappa shape index (κ2) is 6.22. The Morgan fingerprint density at radius 3 is 2.59 bits per heavy atom. The smallest absolute Gasteiger partial charge is 0.217 e. The molecule has 27 heavy (non-hydrogen) atoms. The fourth-order valence-electron chi connectivity index (χ4n) is 3.58. The lowest BCUT2D eigenvalue weighted by atomic mass is 9.97. The Bertz CT molecular complexity index is 1050. The second-order valence-corrected chi connectivity index (χ2v) is 7.35. The Kier molecular flexibility index (Phi) is 3.81. The molecule has 2 atom stereocenters. The molecule has 5 rings (SSSR count). The normalized spacial score (nSPS) is 20.7. The number of halogens is 2. The summed E-state index contributed by atoms with van der Waals surface area (Å²) in [7, 11) is 0. The maximum absolute atomic E-state index is 10.4. The van der Waals surface area contributed by atoms with Gasteiger partial charge in [0.25, 0.3) is 0 Å². The topological polar surface area (TPSA) is 58.2 Å². The third-order valence-corrected chi connectivity index (χ3v) is 5.28. The predicted octanol–water partition coefficient (Wildman–Crippen LogP) is 5.53. The molecule has 3 heterocycles. The third kappa shape index (κ3) is 2.74. The van der Waals surface area contributed by atoms with E-state index >= 15 is 0 Å². The summed E-state index contributed by atoms with van der Waals surface area (Å²) in [4.78, 5) is 0. The van der Waals surface area contributed by atoms with Gasteiger partial charge < -0.3 is 14.3 Å². The van der Waals surface area contributed by atoms with Gasteiger partial charge in [0, 0.05) is 22.0 Å². The number of hydrogen-bond acceptors (Lipinski definition) is 5. The van der Waals surface area contributed by atoms with E-state index in [4.69, 9.17) is 37.5 Å².